The number of carbonyl (C=O) groups is 2. The van der Waals surface area contributed by atoms with E-state index in [1.54, 1.807) is 0 Å². The quantitative estimate of drug-likeness (QED) is 0.444. The SMILES string of the molecule is COC(=O)[C@H](COC(OC)c1ccccc1)NC(=O)CCl. The average molecular weight is 316 g/mol. The fourth-order valence-corrected chi connectivity index (χ4v) is 1.72. The predicted octanol–water partition coefficient (Wildman–Crippen LogP) is 1.24. The van der Waals surface area contributed by atoms with E-state index >= 15 is 0 Å². The second-order valence-electron chi connectivity index (χ2n) is 4.09. The van der Waals surface area contributed by atoms with Crippen molar-refractivity contribution in [1.82, 2.24) is 5.32 Å². The summed E-state index contributed by atoms with van der Waals surface area (Å²) < 4.78 is 15.4. The molecule has 1 amide bonds. The first-order valence-electron chi connectivity index (χ1n) is 6.24. The molecule has 7 heteroatoms. The van der Waals surface area contributed by atoms with Crippen molar-refractivity contribution in [2.75, 3.05) is 26.7 Å². The van der Waals surface area contributed by atoms with Crippen LogP contribution in [0.5, 0.6) is 0 Å². The van der Waals surface area contributed by atoms with Crippen molar-refractivity contribution in [1.29, 1.82) is 0 Å². The number of benzene rings is 1. The monoisotopic (exact) mass is 315 g/mol. The molecule has 1 aromatic carbocycles. The number of hydrogen-bond donors (Lipinski definition) is 1. The van der Waals surface area contributed by atoms with Crippen molar-refractivity contribution in [2.24, 2.45) is 0 Å². The van der Waals surface area contributed by atoms with Crippen LogP contribution in [-0.4, -0.2) is 44.6 Å². The molecule has 2 atom stereocenters. The van der Waals surface area contributed by atoms with E-state index in [0.29, 0.717) is 0 Å². The maximum atomic E-state index is 11.6. The van der Waals surface area contributed by atoms with Crippen LogP contribution in [0.15, 0.2) is 30.3 Å². The molecule has 0 saturated carbocycles. The molecule has 0 aromatic heterocycles. The first-order valence-corrected chi connectivity index (χ1v) is 6.78. The number of halogens is 1. The van der Waals surface area contributed by atoms with Gasteiger partial charge in [-0.1, -0.05) is 30.3 Å². The number of carbonyl (C=O) groups excluding carboxylic acids is 2. The standard InChI is InChI=1S/C14H18ClNO5/c1-19-13(18)11(16-12(17)8-15)9-21-14(20-2)10-6-4-3-5-7-10/h3-7,11,14H,8-9H2,1-2H3,(H,16,17)/t11-,14?/m0/s1. The van der Waals surface area contributed by atoms with Gasteiger partial charge in [-0.05, 0) is 0 Å². The van der Waals surface area contributed by atoms with E-state index in [1.165, 1.54) is 14.2 Å². The van der Waals surface area contributed by atoms with E-state index < -0.39 is 24.2 Å². The summed E-state index contributed by atoms with van der Waals surface area (Å²) in [5.74, 6) is -1.35. The zero-order chi connectivity index (χ0) is 15.7. The lowest BCUT2D eigenvalue weighted by molar-refractivity contribution is -0.157. The van der Waals surface area contributed by atoms with Gasteiger partial charge in [0, 0.05) is 12.7 Å². The first kappa shape index (κ1) is 17.4. The molecule has 1 N–H and O–H groups in total. The highest BCUT2D eigenvalue weighted by Crippen LogP contribution is 2.17. The Morgan fingerprint density at radius 2 is 1.90 bits per heavy atom. The van der Waals surface area contributed by atoms with Gasteiger partial charge in [-0.2, -0.15) is 0 Å². The highest BCUT2D eigenvalue weighted by atomic mass is 35.5. The molecular weight excluding hydrogens is 298 g/mol. The number of alkyl halides is 1. The summed E-state index contributed by atoms with van der Waals surface area (Å²) in [7, 11) is 2.72. The van der Waals surface area contributed by atoms with Crippen molar-refractivity contribution in [2.45, 2.75) is 12.3 Å². The molecule has 0 spiro atoms. The van der Waals surface area contributed by atoms with E-state index in [9.17, 15) is 9.59 Å². The maximum absolute atomic E-state index is 11.6. The van der Waals surface area contributed by atoms with E-state index in [-0.39, 0.29) is 12.5 Å². The first-order chi connectivity index (χ1) is 10.1. The van der Waals surface area contributed by atoms with Crippen molar-refractivity contribution in [3.63, 3.8) is 0 Å². The summed E-state index contributed by atoms with van der Waals surface area (Å²) in [4.78, 5) is 22.9. The highest BCUT2D eigenvalue weighted by molar-refractivity contribution is 6.27. The van der Waals surface area contributed by atoms with Crippen LogP contribution in [0, 0.1) is 0 Å². The Balaban J connectivity index is 2.66. The largest absolute Gasteiger partial charge is 0.467 e. The van der Waals surface area contributed by atoms with E-state index in [4.69, 9.17) is 21.1 Å². The van der Waals surface area contributed by atoms with Crippen LogP contribution < -0.4 is 5.32 Å². The molecule has 1 unspecified atom stereocenters. The van der Waals surface area contributed by atoms with E-state index in [1.807, 2.05) is 30.3 Å². The van der Waals surface area contributed by atoms with E-state index in [0.717, 1.165) is 5.56 Å². The number of rotatable bonds is 8. The van der Waals surface area contributed by atoms with Gasteiger partial charge in [0.25, 0.3) is 0 Å². The summed E-state index contributed by atoms with van der Waals surface area (Å²) in [6.45, 7) is -0.0945. The summed E-state index contributed by atoms with van der Waals surface area (Å²) in [6, 6.07) is 8.28. The minimum absolute atomic E-state index is 0.0945. The zero-order valence-corrected chi connectivity index (χ0v) is 12.6. The minimum Gasteiger partial charge on any atom is -0.467 e. The topological polar surface area (TPSA) is 73.9 Å². The number of esters is 1. The fraction of sp³-hybridized carbons (Fsp3) is 0.429. The lowest BCUT2D eigenvalue weighted by Crippen LogP contribution is -2.45. The van der Waals surface area contributed by atoms with Gasteiger partial charge < -0.3 is 19.5 Å². The molecular formula is C14H18ClNO5. The lowest BCUT2D eigenvalue weighted by Gasteiger charge is -2.21. The smallest absolute Gasteiger partial charge is 0.330 e. The molecule has 0 aliphatic heterocycles. The third-order valence-corrected chi connectivity index (χ3v) is 2.89. The molecule has 0 aliphatic carbocycles. The molecule has 0 fully saturated rings. The van der Waals surface area contributed by atoms with Crippen molar-refractivity contribution in [3.05, 3.63) is 35.9 Å². The maximum Gasteiger partial charge on any atom is 0.330 e. The molecule has 0 bridgehead atoms. The Bertz CT molecular complexity index is 454. The average Bonchev–Trinajstić information content (AvgIpc) is 2.54. The lowest BCUT2D eigenvalue weighted by atomic mass is 10.2. The summed E-state index contributed by atoms with van der Waals surface area (Å²) in [5.41, 5.74) is 0.798. The molecule has 6 nitrogen and oxygen atoms in total. The summed E-state index contributed by atoms with van der Waals surface area (Å²) in [6.07, 6.45) is -0.647. The Morgan fingerprint density at radius 1 is 1.24 bits per heavy atom. The van der Waals surface area contributed by atoms with Gasteiger partial charge in [0.05, 0.1) is 13.7 Å². The Kier molecular flexibility index (Phi) is 7.74. The van der Waals surface area contributed by atoms with Crippen LogP contribution in [0.1, 0.15) is 11.9 Å². The van der Waals surface area contributed by atoms with Crippen LogP contribution in [0.25, 0.3) is 0 Å². The van der Waals surface area contributed by atoms with Gasteiger partial charge >= 0.3 is 5.97 Å². The summed E-state index contributed by atoms with van der Waals surface area (Å²) >= 11 is 5.40. The number of ether oxygens (including phenoxy) is 3. The molecule has 0 saturated heterocycles. The molecule has 21 heavy (non-hydrogen) atoms. The van der Waals surface area contributed by atoms with Gasteiger partial charge in [-0.25, -0.2) is 4.79 Å². The number of methoxy groups -OCH3 is 2. The van der Waals surface area contributed by atoms with Gasteiger partial charge in [0.15, 0.2) is 12.3 Å². The second kappa shape index (κ2) is 9.33. The van der Waals surface area contributed by atoms with Crippen molar-refractivity contribution in [3.8, 4) is 0 Å². The Morgan fingerprint density at radius 3 is 2.43 bits per heavy atom. The van der Waals surface area contributed by atoms with E-state index in [2.05, 4.69) is 10.1 Å². The Hall–Kier alpha value is -1.63. The van der Waals surface area contributed by atoms with Crippen LogP contribution in [0.3, 0.4) is 0 Å². The molecule has 1 aromatic rings. The van der Waals surface area contributed by atoms with Gasteiger partial charge in [-0.3, -0.25) is 4.79 Å². The summed E-state index contributed by atoms with van der Waals surface area (Å²) in [5, 5.41) is 2.42. The second-order valence-corrected chi connectivity index (χ2v) is 4.36. The molecule has 0 radical (unpaired) electrons. The molecule has 1 rings (SSSR count). The van der Waals surface area contributed by atoms with Crippen LogP contribution in [0.4, 0.5) is 0 Å². The highest BCUT2D eigenvalue weighted by Gasteiger charge is 2.23. The number of hydrogen-bond acceptors (Lipinski definition) is 5. The van der Waals surface area contributed by atoms with Gasteiger partial charge in [0.1, 0.15) is 5.88 Å². The fourth-order valence-electron chi connectivity index (χ4n) is 1.64. The minimum atomic E-state index is -0.942. The third kappa shape index (κ3) is 5.71. The molecule has 116 valence electrons. The number of amides is 1. The van der Waals surface area contributed by atoms with Crippen LogP contribution in [-0.2, 0) is 23.8 Å². The van der Waals surface area contributed by atoms with Gasteiger partial charge in [0.2, 0.25) is 5.91 Å². The van der Waals surface area contributed by atoms with Crippen molar-refractivity contribution < 1.29 is 23.8 Å². The zero-order valence-electron chi connectivity index (χ0n) is 11.9. The number of nitrogens with one attached hydrogen (secondary N) is 1. The Labute approximate surface area is 128 Å². The normalized spacial score (nSPS) is 13.3. The third-order valence-electron chi connectivity index (χ3n) is 2.64. The van der Waals surface area contributed by atoms with Crippen molar-refractivity contribution >= 4 is 23.5 Å². The molecule has 0 heterocycles. The van der Waals surface area contributed by atoms with Gasteiger partial charge in [-0.15, -0.1) is 11.6 Å². The van der Waals surface area contributed by atoms with Crippen LogP contribution in [0.2, 0.25) is 0 Å². The van der Waals surface area contributed by atoms with Crippen LogP contribution >= 0.6 is 11.6 Å². The predicted molar refractivity (Wildman–Crippen MR) is 76.8 cm³/mol. The molecule has 0 aliphatic rings.